The number of carbonyl (C=O) groups is 1. The number of hydrogen-bond donors (Lipinski definition) is 1. The van der Waals surface area contributed by atoms with Gasteiger partial charge < -0.3 is 9.47 Å². The molecule has 0 radical (unpaired) electrons. The second-order valence-corrected chi connectivity index (χ2v) is 7.99. The van der Waals surface area contributed by atoms with E-state index >= 15 is 0 Å². The zero-order valence-electron chi connectivity index (χ0n) is 18.8. The number of hydrogen-bond acceptors (Lipinski definition) is 6. The van der Waals surface area contributed by atoms with Crippen LogP contribution in [0.2, 0.25) is 0 Å². The van der Waals surface area contributed by atoms with E-state index in [9.17, 15) is 14.0 Å². The van der Waals surface area contributed by atoms with Gasteiger partial charge >= 0.3 is 6.09 Å². The number of nitrogens with one attached hydrogen (secondary N) is 1. The van der Waals surface area contributed by atoms with Crippen LogP contribution in [0.1, 0.15) is 12.0 Å². The highest BCUT2D eigenvalue weighted by atomic mass is 19.1. The number of halogens is 1. The van der Waals surface area contributed by atoms with Crippen LogP contribution in [-0.2, 0) is 16.0 Å². The van der Waals surface area contributed by atoms with Gasteiger partial charge in [0.05, 0.1) is 32.1 Å². The zero-order valence-corrected chi connectivity index (χ0v) is 18.8. The number of aromatic nitrogens is 2. The Labute approximate surface area is 196 Å². The van der Waals surface area contributed by atoms with E-state index in [1.54, 1.807) is 36.4 Å². The van der Waals surface area contributed by atoms with Crippen molar-refractivity contribution in [2.75, 3.05) is 44.8 Å². The van der Waals surface area contributed by atoms with Crippen molar-refractivity contribution in [3.63, 3.8) is 0 Å². The summed E-state index contributed by atoms with van der Waals surface area (Å²) in [7, 11) is 0. The van der Waals surface area contributed by atoms with E-state index in [0.29, 0.717) is 23.6 Å². The maximum atomic E-state index is 13.2. The summed E-state index contributed by atoms with van der Waals surface area (Å²) in [4.78, 5) is 26.8. The lowest BCUT2D eigenvalue weighted by Crippen LogP contribution is -2.37. The molecule has 0 spiro atoms. The summed E-state index contributed by atoms with van der Waals surface area (Å²) < 4.78 is 25.1. The van der Waals surface area contributed by atoms with Crippen molar-refractivity contribution < 1.29 is 18.7 Å². The molecule has 1 aliphatic rings. The predicted molar refractivity (Wildman–Crippen MR) is 126 cm³/mol. The molecule has 0 unspecified atom stereocenters. The van der Waals surface area contributed by atoms with Gasteiger partial charge in [0.15, 0.2) is 0 Å². The minimum Gasteiger partial charge on any atom is -0.449 e. The lowest BCUT2D eigenvalue weighted by molar-refractivity contribution is 0.0348. The number of ether oxygens (including phenoxy) is 2. The number of anilines is 1. The molecule has 1 fully saturated rings. The molecule has 0 saturated carbocycles. The number of nitrogens with zero attached hydrogens (tertiary/aromatic N) is 3. The Kier molecular flexibility index (Phi) is 8.00. The smallest absolute Gasteiger partial charge is 0.411 e. The number of rotatable bonds is 8. The summed E-state index contributed by atoms with van der Waals surface area (Å²) in [5.41, 5.74) is 2.37. The predicted octanol–water partition coefficient (Wildman–Crippen LogP) is 3.37. The van der Waals surface area contributed by atoms with Gasteiger partial charge in [-0.2, -0.15) is 5.10 Å². The largest absolute Gasteiger partial charge is 0.449 e. The third-order valence-corrected chi connectivity index (χ3v) is 5.47. The first kappa shape index (κ1) is 23.6. The molecule has 0 aliphatic carbocycles. The fourth-order valence-corrected chi connectivity index (χ4v) is 3.69. The lowest BCUT2D eigenvalue weighted by Gasteiger charge is -2.26. The van der Waals surface area contributed by atoms with Crippen LogP contribution in [0.15, 0.2) is 65.5 Å². The molecular weight excluding hydrogens is 439 g/mol. The molecule has 4 rings (SSSR count). The monoisotopic (exact) mass is 466 g/mol. The number of benzene rings is 2. The summed E-state index contributed by atoms with van der Waals surface area (Å²) in [6.45, 7) is 4.72. The van der Waals surface area contributed by atoms with Crippen molar-refractivity contribution in [1.29, 1.82) is 0 Å². The van der Waals surface area contributed by atoms with Crippen LogP contribution in [0.25, 0.3) is 11.3 Å². The van der Waals surface area contributed by atoms with E-state index in [-0.39, 0.29) is 17.9 Å². The lowest BCUT2D eigenvalue weighted by atomic mass is 10.1. The molecule has 9 heteroatoms. The maximum Gasteiger partial charge on any atom is 0.411 e. The van der Waals surface area contributed by atoms with E-state index in [4.69, 9.17) is 9.47 Å². The fraction of sp³-hybridized carbons (Fsp3) is 0.320. The Balaban J connectivity index is 1.32. The molecule has 1 aromatic heterocycles. The molecule has 1 aliphatic heterocycles. The van der Waals surface area contributed by atoms with Crippen molar-refractivity contribution >= 4 is 11.8 Å². The summed E-state index contributed by atoms with van der Waals surface area (Å²) >= 11 is 0. The Bertz CT molecular complexity index is 1160. The first-order valence-electron chi connectivity index (χ1n) is 11.2. The van der Waals surface area contributed by atoms with Crippen molar-refractivity contribution in [1.82, 2.24) is 14.7 Å². The summed E-state index contributed by atoms with van der Waals surface area (Å²) in [5, 5.41) is 7.13. The first-order chi connectivity index (χ1) is 16.6. The van der Waals surface area contributed by atoms with Crippen LogP contribution in [0.4, 0.5) is 14.9 Å². The molecule has 0 atom stereocenters. The molecule has 34 heavy (non-hydrogen) atoms. The maximum absolute atomic E-state index is 13.2. The minimum atomic E-state index is -0.521. The van der Waals surface area contributed by atoms with E-state index in [1.165, 1.54) is 22.9 Å². The summed E-state index contributed by atoms with van der Waals surface area (Å²) in [6, 6.07) is 16.1. The third kappa shape index (κ3) is 6.72. The molecule has 1 N–H and O–H groups in total. The van der Waals surface area contributed by atoms with E-state index in [2.05, 4.69) is 15.3 Å². The van der Waals surface area contributed by atoms with E-state index in [1.807, 2.05) is 6.07 Å². The van der Waals surface area contributed by atoms with Gasteiger partial charge in [-0.25, -0.2) is 13.9 Å². The number of morpholine rings is 1. The third-order valence-electron chi connectivity index (χ3n) is 5.47. The molecule has 2 heterocycles. The van der Waals surface area contributed by atoms with E-state index in [0.717, 1.165) is 44.8 Å². The zero-order chi connectivity index (χ0) is 23.8. The molecule has 1 saturated heterocycles. The fourth-order valence-electron chi connectivity index (χ4n) is 3.69. The molecule has 0 bridgehead atoms. The number of amides is 1. The SMILES string of the molecule is O=C(Nc1cccc(Cn2nc(-c3ccc(F)cc3)ccc2=O)c1)OCCCN1CCOCC1. The summed E-state index contributed by atoms with van der Waals surface area (Å²) in [6.07, 6.45) is 0.236. The standard InChI is InChI=1S/C25H27FN4O4/c26-21-7-5-20(6-8-21)23-9-10-24(31)30(28-23)18-19-3-1-4-22(17-19)27-25(32)34-14-2-11-29-12-15-33-16-13-29/h1,3-10,17H,2,11-16,18H2,(H,27,32). The topological polar surface area (TPSA) is 85.7 Å². The van der Waals surface area contributed by atoms with Gasteiger partial charge in [-0.15, -0.1) is 0 Å². The van der Waals surface area contributed by atoms with Crippen LogP contribution in [0.5, 0.6) is 0 Å². The minimum absolute atomic E-state index is 0.220. The van der Waals surface area contributed by atoms with Crippen LogP contribution >= 0.6 is 0 Å². The molecule has 8 nitrogen and oxygen atoms in total. The van der Waals surface area contributed by atoms with Crippen LogP contribution < -0.4 is 10.9 Å². The van der Waals surface area contributed by atoms with Gasteiger partial charge in [-0.05, 0) is 54.4 Å². The van der Waals surface area contributed by atoms with Gasteiger partial charge in [0.1, 0.15) is 5.82 Å². The van der Waals surface area contributed by atoms with E-state index < -0.39 is 6.09 Å². The summed E-state index contributed by atoms with van der Waals surface area (Å²) in [5.74, 6) is -0.336. The highest BCUT2D eigenvalue weighted by Crippen LogP contribution is 2.16. The van der Waals surface area contributed by atoms with Crippen LogP contribution in [-0.4, -0.2) is 60.2 Å². The van der Waals surface area contributed by atoms with Crippen LogP contribution in [0, 0.1) is 5.82 Å². The van der Waals surface area contributed by atoms with Gasteiger partial charge in [0.2, 0.25) is 0 Å². The Morgan fingerprint density at radius 2 is 1.88 bits per heavy atom. The second-order valence-electron chi connectivity index (χ2n) is 7.99. The normalized spacial score (nSPS) is 14.0. The molecular formula is C25H27FN4O4. The van der Waals surface area contributed by atoms with Gasteiger partial charge in [0, 0.05) is 37.0 Å². The average Bonchev–Trinajstić information content (AvgIpc) is 2.85. The van der Waals surface area contributed by atoms with Gasteiger partial charge in [-0.1, -0.05) is 12.1 Å². The van der Waals surface area contributed by atoms with Crippen molar-refractivity contribution in [2.45, 2.75) is 13.0 Å². The average molecular weight is 467 g/mol. The number of carbonyl (C=O) groups excluding carboxylic acids is 1. The Hall–Kier alpha value is -3.56. The Morgan fingerprint density at radius 3 is 2.68 bits per heavy atom. The highest BCUT2D eigenvalue weighted by molar-refractivity contribution is 5.84. The quantitative estimate of drug-likeness (QED) is 0.513. The van der Waals surface area contributed by atoms with Crippen molar-refractivity contribution in [3.8, 4) is 11.3 Å². The first-order valence-corrected chi connectivity index (χ1v) is 11.2. The molecule has 3 aromatic rings. The van der Waals surface area contributed by atoms with Crippen LogP contribution in [0.3, 0.4) is 0 Å². The molecule has 178 valence electrons. The van der Waals surface area contributed by atoms with Crippen molar-refractivity contribution in [3.05, 3.63) is 82.4 Å². The Morgan fingerprint density at radius 1 is 1.09 bits per heavy atom. The second kappa shape index (κ2) is 11.5. The molecule has 1 amide bonds. The van der Waals surface area contributed by atoms with Gasteiger partial charge in [0.25, 0.3) is 5.56 Å². The van der Waals surface area contributed by atoms with Gasteiger partial charge in [-0.3, -0.25) is 15.0 Å². The van der Waals surface area contributed by atoms with Crippen molar-refractivity contribution in [2.24, 2.45) is 0 Å². The molecule has 2 aromatic carbocycles. The highest BCUT2D eigenvalue weighted by Gasteiger charge is 2.11.